The highest BCUT2D eigenvalue weighted by Gasteiger charge is 2.06. The highest BCUT2D eigenvalue weighted by molar-refractivity contribution is 5.89. The molecule has 1 heterocycles. The van der Waals surface area contributed by atoms with Crippen molar-refractivity contribution in [2.75, 3.05) is 12.4 Å². The Morgan fingerprint density at radius 1 is 1.16 bits per heavy atom. The molecule has 25 heavy (non-hydrogen) atoms. The molecule has 0 aliphatic rings. The van der Waals surface area contributed by atoms with Gasteiger partial charge in [-0.1, -0.05) is 18.6 Å². The maximum absolute atomic E-state index is 11.9. The van der Waals surface area contributed by atoms with Gasteiger partial charge in [0.1, 0.15) is 12.3 Å². The number of carboxylic acids is 1. The topological polar surface area (TPSA) is 93.5 Å². The summed E-state index contributed by atoms with van der Waals surface area (Å²) in [5.41, 5.74) is 1.26. The van der Waals surface area contributed by atoms with Crippen molar-refractivity contribution in [3.8, 4) is 5.75 Å². The van der Waals surface area contributed by atoms with E-state index in [0.29, 0.717) is 12.2 Å². The number of nitrogens with zero attached hydrogens (tertiary/aromatic N) is 2. The van der Waals surface area contributed by atoms with E-state index < -0.39 is 5.97 Å². The molecule has 0 unspecified atom stereocenters. The lowest BCUT2D eigenvalue weighted by Crippen LogP contribution is -2.13. The highest BCUT2D eigenvalue weighted by Crippen LogP contribution is 2.14. The van der Waals surface area contributed by atoms with E-state index in [-0.39, 0.29) is 12.5 Å². The molecule has 0 saturated carbocycles. The molecule has 0 bridgehead atoms. The third-order valence-corrected chi connectivity index (χ3v) is 3.73. The van der Waals surface area contributed by atoms with Crippen molar-refractivity contribution >= 4 is 17.7 Å². The van der Waals surface area contributed by atoms with Gasteiger partial charge in [0.15, 0.2) is 5.82 Å². The molecule has 1 aromatic carbocycles. The number of benzene rings is 1. The largest absolute Gasteiger partial charge is 0.497 e. The minimum atomic E-state index is -0.974. The number of hydrogen-bond donors (Lipinski definition) is 2. The monoisotopic (exact) mass is 345 g/mol. The summed E-state index contributed by atoms with van der Waals surface area (Å²) in [7, 11) is 1.65. The second kappa shape index (κ2) is 9.46. The number of aromatic nitrogens is 2. The van der Waals surface area contributed by atoms with Gasteiger partial charge in [-0.25, -0.2) is 0 Å². The van der Waals surface area contributed by atoms with Crippen LogP contribution in [0.3, 0.4) is 0 Å². The molecule has 2 N–H and O–H groups in total. The number of rotatable bonds is 10. The second-order valence-corrected chi connectivity index (χ2v) is 5.75. The van der Waals surface area contributed by atoms with Crippen LogP contribution < -0.4 is 10.1 Å². The van der Waals surface area contributed by atoms with E-state index >= 15 is 0 Å². The van der Waals surface area contributed by atoms with E-state index in [1.54, 1.807) is 13.2 Å². The van der Waals surface area contributed by atoms with Gasteiger partial charge >= 0.3 is 5.97 Å². The zero-order valence-corrected chi connectivity index (χ0v) is 14.3. The first-order valence-electron chi connectivity index (χ1n) is 8.25. The van der Waals surface area contributed by atoms with Gasteiger partial charge in [0.25, 0.3) is 0 Å². The fourth-order valence-corrected chi connectivity index (χ4v) is 2.44. The molecule has 7 nitrogen and oxygen atoms in total. The maximum Gasteiger partial charge on any atom is 0.325 e. The first kappa shape index (κ1) is 18.5. The Morgan fingerprint density at radius 3 is 2.60 bits per heavy atom. The molecule has 0 atom stereocenters. The van der Waals surface area contributed by atoms with Gasteiger partial charge in [-0.3, -0.25) is 14.3 Å². The lowest BCUT2D eigenvalue weighted by Gasteiger charge is -2.04. The Morgan fingerprint density at radius 2 is 1.92 bits per heavy atom. The van der Waals surface area contributed by atoms with Crippen LogP contribution in [0.2, 0.25) is 0 Å². The minimum Gasteiger partial charge on any atom is -0.497 e. The summed E-state index contributed by atoms with van der Waals surface area (Å²) in [6.45, 7) is -0.221. The van der Waals surface area contributed by atoms with Crippen molar-refractivity contribution < 1.29 is 19.4 Å². The molecule has 7 heteroatoms. The molecule has 0 spiro atoms. The zero-order chi connectivity index (χ0) is 18.1. The Hall–Kier alpha value is -2.83. The van der Waals surface area contributed by atoms with Crippen LogP contribution in [0.15, 0.2) is 36.5 Å². The first-order chi connectivity index (χ1) is 12.1. The molecule has 0 aliphatic carbocycles. The van der Waals surface area contributed by atoms with Crippen molar-refractivity contribution in [1.82, 2.24) is 9.78 Å². The minimum absolute atomic E-state index is 0.106. The Bertz CT molecular complexity index is 695. The number of hydrogen-bond acceptors (Lipinski definition) is 4. The van der Waals surface area contributed by atoms with Gasteiger partial charge in [-0.2, -0.15) is 5.10 Å². The van der Waals surface area contributed by atoms with Gasteiger partial charge < -0.3 is 15.2 Å². The number of anilines is 1. The molecule has 1 amide bonds. The second-order valence-electron chi connectivity index (χ2n) is 5.75. The van der Waals surface area contributed by atoms with Crippen molar-refractivity contribution in [3.63, 3.8) is 0 Å². The van der Waals surface area contributed by atoms with Gasteiger partial charge in [0.2, 0.25) is 5.91 Å². The quantitative estimate of drug-likeness (QED) is 0.646. The van der Waals surface area contributed by atoms with Crippen LogP contribution >= 0.6 is 0 Å². The van der Waals surface area contributed by atoms with E-state index in [1.165, 1.54) is 16.4 Å². The summed E-state index contributed by atoms with van der Waals surface area (Å²) in [5, 5.41) is 15.3. The molecule has 0 aliphatic heterocycles. The Labute approximate surface area is 146 Å². The summed E-state index contributed by atoms with van der Waals surface area (Å²) < 4.78 is 6.40. The number of carbonyl (C=O) groups excluding carboxylic acids is 1. The van der Waals surface area contributed by atoms with Crippen LogP contribution in [-0.4, -0.2) is 33.9 Å². The molecule has 134 valence electrons. The zero-order valence-electron chi connectivity index (χ0n) is 14.3. The number of aryl methyl sites for hydroxylation is 1. The van der Waals surface area contributed by atoms with Crippen molar-refractivity contribution in [2.24, 2.45) is 0 Å². The Balaban J connectivity index is 1.61. The first-order valence-corrected chi connectivity index (χ1v) is 8.25. The van der Waals surface area contributed by atoms with Crippen LogP contribution in [0.1, 0.15) is 31.2 Å². The summed E-state index contributed by atoms with van der Waals surface area (Å²) in [6.07, 6.45) is 5.72. The Kier molecular flexibility index (Phi) is 7.00. The summed E-state index contributed by atoms with van der Waals surface area (Å²) in [5.74, 6) is 0.151. The predicted octanol–water partition coefficient (Wildman–Crippen LogP) is 2.72. The third kappa shape index (κ3) is 6.66. The summed E-state index contributed by atoms with van der Waals surface area (Å²) in [4.78, 5) is 22.4. The normalized spacial score (nSPS) is 10.4. The number of nitrogens with one attached hydrogen (secondary N) is 1. The SMILES string of the molecule is COc1ccc(CCCCCC(=O)Nc2ccn(CC(=O)O)n2)cc1. The van der Waals surface area contributed by atoms with E-state index in [1.807, 2.05) is 12.1 Å². The van der Waals surface area contributed by atoms with Crippen LogP contribution in [0.4, 0.5) is 5.82 Å². The maximum atomic E-state index is 11.9. The fraction of sp³-hybridized carbons (Fsp3) is 0.389. The number of carboxylic acid groups (broad SMARTS) is 1. The number of unbranched alkanes of at least 4 members (excludes halogenated alkanes) is 2. The summed E-state index contributed by atoms with van der Waals surface area (Å²) >= 11 is 0. The number of aliphatic carboxylic acids is 1. The average Bonchev–Trinajstić information content (AvgIpc) is 3.01. The fourth-order valence-electron chi connectivity index (χ4n) is 2.44. The van der Waals surface area contributed by atoms with Crippen molar-refractivity contribution in [3.05, 3.63) is 42.1 Å². The molecule has 2 rings (SSSR count). The van der Waals surface area contributed by atoms with E-state index in [9.17, 15) is 9.59 Å². The summed E-state index contributed by atoms with van der Waals surface area (Å²) in [6, 6.07) is 9.60. The third-order valence-electron chi connectivity index (χ3n) is 3.73. The number of carbonyl (C=O) groups is 2. The van der Waals surface area contributed by atoms with Crippen molar-refractivity contribution in [2.45, 2.75) is 38.6 Å². The van der Waals surface area contributed by atoms with Gasteiger partial charge in [0, 0.05) is 18.7 Å². The molecule has 2 aromatic rings. The molecular weight excluding hydrogens is 322 g/mol. The molecule has 0 saturated heterocycles. The van der Waals surface area contributed by atoms with Crippen molar-refractivity contribution in [1.29, 1.82) is 0 Å². The van der Waals surface area contributed by atoms with E-state index in [4.69, 9.17) is 9.84 Å². The molecule has 0 fully saturated rings. The lowest BCUT2D eigenvalue weighted by molar-refractivity contribution is -0.137. The molecule has 1 aromatic heterocycles. The number of amides is 1. The lowest BCUT2D eigenvalue weighted by atomic mass is 10.1. The van der Waals surface area contributed by atoms with E-state index in [0.717, 1.165) is 31.4 Å². The molecule has 0 radical (unpaired) electrons. The highest BCUT2D eigenvalue weighted by atomic mass is 16.5. The van der Waals surface area contributed by atoms with Gasteiger partial charge in [-0.05, 0) is 37.0 Å². The van der Waals surface area contributed by atoms with Crippen LogP contribution in [0, 0.1) is 0 Å². The number of ether oxygens (including phenoxy) is 1. The predicted molar refractivity (Wildman–Crippen MR) is 93.7 cm³/mol. The van der Waals surface area contributed by atoms with Crippen LogP contribution in [0.5, 0.6) is 5.75 Å². The van der Waals surface area contributed by atoms with Crippen LogP contribution in [-0.2, 0) is 22.6 Å². The van der Waals surface area contributed by atoms with Gasteiger partial charge in [0.05, 0.1) is 7.11 Å². The average molecular weight is 345 g/mol. The van der Waals surface area contributed by atoms with Crippen LogP contribution in [0.25, 0.3) is 0 Å². The number of methoxy groups -OCH3 is 1. The standard InChI is InChI=1S/C18H23N3O4/c1-25-15-9-7-14(8-10-15)5-3-2-4-6-17(22)19-16-11-12-21(20-16)13-18(23)24/h7-12H,2-6,13H2,1H3,(H,23,24)(H,19,20,22). The van der Waals surface area contributed by atoms with E-state index in [2.05, 4.69) is 22.5 Å². The smallest absolute Gasteiger partial charge is 0.325 e. The molecular formula is C18H23N3O4. The van der Waals surface area contributed by atoms with Gasteiger partial charge in [-0.15, -0.1) is 0 Å².